The monoisotopic (exact) mass is 228 g/mol. The molecule has 0 fully saturated rings. The molecule has 2 atom stereocenters. The molecule has 0 aliphatic heterocycles. The zero-order valence-corrected chi connectivity index (χ0v) is 11.7. The summed E-state index contributed by atoms with van der Waals surface area (Å²) in [6.07, 6.45) is 0.946. The van der Waals surface area contributed by atoms with Crippen LogP contribution in [0.1, 0.15) is 48.0 Å². The average molecular weight is 228 g/mol. The van der Waals surface area contributed by atoms with Crippen molar-refractivity contribution >= 4 is 5.91 Å². The normalized spacial score (nSPS) is 15.6. The van der Waals surface area contributed by atoms with E-state index in [0.717, 1.165) is 13.0 Å². The number of hydrogen-bond acceptors (Lipinski definition) is 2. The second-order valence-electron chi connectivity index (χ2n) is 5.73. The van der Waals surface area contributed by atoms with Crippen molar-refractivity contribution in [3.8, 4) is 0 Å². The fourth-order valence-corrected chi connectivity index (χ4v) is 1.44. The molecule has 0 aliphatic carbocycles. The minimum atomic E-state index is 0.0906. The van der Waals surface area contributed by atoms with Gasteiger partial charge in [-0.05, 0) is 24.3 Å². The molecule has 0 saturated heterocycles. The van der Waals surface area contributed by atoms with E-state index in [4.69, 9.17) is 0 Å². The number of nitrogens with one attached hydrogen (secondary N) is 2. The highest BCUT2D eigenvalue weighted by atomic mass is 16.1. The zero-order valence-electron chi connectivity index (χ0n) is 11.7. The molecule has 0 saturated carbocycles. The van der Waals surface area contributed by atoms with Crippen molar-refractivity contribution in [1.82, 2.24) is 10.6 Å². The molecule has 0 heterocycles. The Morgan fingerprint density at radius 2 is 1.81 bits per heavy atom. The third-order valence-corrected chi connectivity index (χ3v) is 3.27. The maximum atomic E-state index is 11.7. The van der Waals surface area contributed by atoms with Gasteiger partial charge >= 0.3 is 0 Å². The Kier molecular flexibility index (Phi) is 6.65. The van der Waals surface area contributed by atoms with Crippen molar-refractivity contribution in [2.45, 2.75) is 48.0 Å². The van der Waals surface area contributed by atoms with Gasteiger partial charge in [-0.1, -0.05) is 41.5 Å². The maximum Gasteiger partial charge on any atom is 0.223 e. The van der Waals surface area contributed by atoms with Gasteiger partial charge < -0.3 is 10.6 Å². The first kappa shape index (κ1) is 15.4. The van der Waals surface area contributed by atoms with Crippen LogP contribution in [-0.2, 0) is 4.79 Å². The van der Waals surface area contributed by atoms with E-state index < -0.39 is 0 Å². The number of carbonyl (C=O) groups is 1. The molecule has 0 spiro atoms. The molecule has 16 heavy (non-hydrogen) atoms. The van der Waals surface area contributed by atoms with Crippen LogP contribution in [0.25, 0.3) is 0 Å². The second-order valence-corrected chi connectivity index (χ2v) is 5.73. The van der Waals surface area contributed by atoms with E-state index in [1.807, 2.05) is 13.8 Å². The third-order valence-electron chi connectivity index (χ3n) is 3.27. The topological polar surface area (TPSA) is 41.1 Å². The molecule has 0 aromatic heterocycles. The molecule has 3 nitrogen and oxygen atoms in total. The summed E-state index contributed by atoms with van der Waals surface area (Å²) in [5.74, 6) is 0.789. The highest BCUT2D eigenvalue weighted by Crippen LogP contribution is 2.30. The van der Waals surface area contributed by atoms with Crippen LogP contribution in [0.3, 0.4) is 0 Å². The van der Waals surface area contributed by atoms with Gasteiger partial charge in [0.2, 0.25) is 5.91 Å². The molecule has 0 radical (unpaired) electrons. The van der Waals surface area contributed by atoms with Crippen molar-refractivity contribution < 1.29 is 4.79 Å². The van der Waals surface area contributed by atoms with Gasteiger partial charge in [-0.3, -0.25) is 4.79 Å². The van der Waals surface area contributed by atoms with Gasteiger partial charge in [0.1, 0.15) is 0 Å². The molecule has 96 valence electrons. The Labute approximate surface area is 100 Å². The van der Waals surface area contributed by atoms with E-state index in [9.17, 15) is 4.79 Å². The molecule has 3 heteroatoms. The Bertz CT molecular complexity index is 208. The fraction of sp³-hybridized carbons (Fsp3) is 0.923. The van der Waals surface area contributed by atoms with E-state index >= 15 is 0 Å². The van der Waals surface area contributed by atoms with E-state index in [1.165, 1.54) is 0 Å². The Morgan fingerprint density at radius 3 is 2.25 bits per heavy atom. The summed E-state index contributed by atoms with van der Waals surface area (Å²) in [7, 11) is 0. The molecule has 1 amide bonds. The Morgan fingerprint density at radius 1 is 1.25 bits per heavy atom. The first-order valence-electron chi connectivity index (χ1n) is 6.27. The first-order valence-corrected chi connectivity index (χ1v) is 6.27. The van der Waals surface area contributed by atoms with Crippen LogP contribution < -0.4 is 10.6 Å². The van der Waals surface area contributed by atoms with Gasteiger partial charge in [0.25, 0.3) is 0 Å². The van der Waals surface area contributed by atoms with Crippen molar-refractivity contribution in [3.63, 3.8) is 0 Å². The average Bonchev–Trinajstić information content (AvgIpc) is 2.16. The smallest absolute Gasteiger partial charge is 0.223 e. The Balaban J connectivity index is 3.96. The van der Waals surface area contributed by atoms with E-state index in [-0.39, 0.29) is 17.2 Å². The molecule has 0 aromatic rings. The number of carbonyl (C=O) groups excluding carboxylic acids is 1. The SMILES string of the molecule is CCNCNC(=O)C(C)CC(C)C(C)(C)C. The summed E-state index contributed by atoms with van der Waals surface area (Å²) in [5, 5.41) is 5.98. The number of rotatable bonds is 6. The third kappa shape index (κ3) is 6.11. The van der Waals surface area contributed by atoms with E-state index in [2.05, 4.69) is 38.3 Å². The summed E-state index contributed by atoms with van der Waals surface area (Å²) in [6, 6.07) is 0. The van der Waals surface area contributed by atoms with Gasteiger partial charge in [0.05, 0.1) is 6.67 Å². The molecule has 2 unspecified atom stereocenters. The number of amides is 1. The molecular formula is C13H28N2O. The summed E-state index contributed by atoms with van der Waals surface area (Å²) < 4.78 is 0. The van der Waals surface area contributed by atoms with Crippen LogP contribution in [0.15, 0.2) is 0 Å². The predicted molar refractivity (Wildman–Crippen MR) is 69.1 cm³/mol. The highest BCUT2D eigenvalue weighted by molar-refractivity contribution is 5.78. The first-order chi connectivity index (χ1) is 7.29. The molecule has 0 rings (SSSR count). The minimum Gasteiger partial charge on any atom is -0.343 e. The van der Waals surface area contributed by atoms with Crippen molar-refractivity contribution in [2.24, 2.45) is 17.3 Å². The van der Waals surface area contributed by atoms with Gasteiger partial charge in [-0.25, -0.2) is 0 Å². The van der Waals surface area contributed by atoms with Gasteiger partial charge in [0.15, 0.2) is 0 Å². The largest absolute Gasteiger partial charge is 0.343 e. The summed E-state index contributed by atoms with van der Waals surface area (Å²) >= 11 is 0. The van der Waals surface area contributed by atoms with Gasteiger partial charge in [0, 0.05) is 5.92 Å². The van der Waals surface area contributed by atoms with Gasteiger partial charge in [-0.15, -0.1) is 0 Å². The zero-order chi connectivity index (χ0) is 12.8. The lowest BCUT2D eigenvalue weighted by Gasteiger charge is -2.29. The fourth-order valence-electron chi connectivity index (χ4n) is 1.44. The number of hydrogen-bond donors (Lipinski definition) is 2. The van der Waals surface area contributed by atoms with Crippen molar-refractivity contribution in [3.05, 3.63) is 0 Å². The van der Waals surface area contributed by atoms with Crippen LogP contribution >= 0.6 is 0 Å². The minimum absolute atomic E-state index is 0.0906. The summed E-state index contributed by atoms with van der Waals surface area (Å²) in [5.41, 5.74) is 0.274. The van der Waals surface area contributed by atoms with Crippen molar-refractivity contribution in [1.29, 1.82) is 0 Å². The Hall–Kier alpha value is -0.570. The van der Waals surface area contributed by atoms with Crippen molar-refractivity contribution in [2.75, 3.05) is 13.2 Å². The van der Waals surface area contributed by atoms with Crippen LogP contribution in [-0.4, -0.2) is 19.1 Å². The summed E-state index contributed by atoms with van der Waals surface area (Å²) in [4.78, 5) is 11.7. The summed E-state index contributed by atoms with van der Waals surface area (Å²) in [6.45, 7) is 14.4. The van der Waals surface area contributed by atoms with Gasteiger partial charge in [-0.2, -0.15) is 0 Å². The van der Waals surface area contributed by atoms with E-state index in [0.29, 0.717) is 12.6 Å². The quantitative estimate of drug-likeness (QED) is 0.541. The van der Waals surface area contributed by atoms with E-state index in [1.54, 1.807) is 0 Å². The molecule has 0 aromatic carbocycles. The lowest BCUT2D eigenvalue weighted by Crippen LogP contribution is -2.37. The van der Waals surface area contributed by atoms with Crippen LogP contribution in [0.5, 0.6) is 0 Å². The molecular weight excluding hydrogens is 200 g/mol. The molecule has 2 N–H and O–H groups in total. The second kappa shape index (κ2) is 6.89. The lowest BCUT2D eigenvalue weighted by molar-refractivity contribution is -0.125. The highest BCUT2D eigenvalue weighted by Gasteiger charge is 2.24. The lowest BCUT2D eigenvalue weighted by atomic mass is 9.77. The molecule has 0 aliphatic rings. The van der Waals surface area contributed by atoms with Crippen LogP contribution in [0.4, 0.5) is 0 Å². The van der Waals surface area contributed by atoms with Crippen LogP contribution in [0.2, 0.25) is 0 Å². The standard InChI is InChI=1S/C13H28N2O/c1-7-14-9-15-12(16)10(2)8-11(3)13(4,5)6/h10-11,14H,7-9H2,1-6H3,(H,15,16). The maximum absolute atomic E-state index is 11.7. The predicted octanol–water partition coefficient (Wildman–Crippen LogP) is 2.38. The molecule has 0 bridgehead atoms. The van der Waals surface area contributed by atoms with Crippen LogP contribution in [0, 0.1) is 17.3 Å².